The molecule has 0 fully saturated rings. The zero-order chi connectivity index (χ0) is 11.2. The van der Waals surface area contributed by atoms with Crippen molar-refractivity contribution in [3.8, 4) is 0 Å². The van der Waals surface area contributed by atoms with Crippen molar-refractivity contribution in [1.82, 2.24) is 0 Å². The molecule has 16 heavy (non-hydrogen) atoms. The van der Waals surface area contributed by atoms with E-state index in [4.69, 9.17) is 16.3 Å². The second-order valence-electron chi connectivity index (χ2n) is 3.50. The monoisotopic (exact) mass is 234 g/mol. The van der Waals surface area contributed by atoms with Crippen LogP contribution < -0.4 is 4.57 Å². The van der Waals surface area contributed by atoms with Gasteiger partial charge in [-0.3, -0.25) is 0 Å². The lowest BCUT2D eigenvalue weighted by atomic mass is 10.2. The Hall–Kier alpha value is -1.38. The van der Waals surface area contributed by atoms with Crippen molar-refractivity contribution >= 4 is 11.6 Å². The SMILES string of the molecule is Clc1ccc[n+](COCc2ccccc2)c1. The molecule has 0 unspecified atom stereocenters. The molecular weight excluding hydrogens is 222 g/mol. The van der Waals surface area contributed by atoms with E-state index in [2.05, 4.69) is 0 Å². The number of rotatable bonds is 4. The molecule has 2 aromatic rings. The summed E-state index contributed by atoms with van der Waals surface area (Å²) in [4.78, 5) is 0. The molecule has 82 valence electrons. The fraction of sp³-hybridized carbons (Fsp3) is 0.154. The lowest BCUT2D eigenvalue weighted by Crippen LogP contribution is -2.33. The van der Waals surface area contributed by atoms with E-state index in [0.29, 0.717) is 18.4 Å². The maximum atomic E-state index is 5.86. The van der Waals surface area contributed by atoms with Gasteiger partial charge in [-0.2, -0.15) is 4.57 Å². The Labute approximate surface area is 100 Å². The summed E-state index contributed by atoms with van der Waals surface area (Å²) >= 11 is 5.86. The highest BCUT2D eigenvalue weighted by Gasteiger charge is 2.00. The number of hydrogen-bond donors (Lipinski definition) is 0. The zero-order valence-corrected chi connectivity index (χ0v) is 9.60. The number of benzene rings is 1. The molecule has 0 aliphatic rings. The van der Waals surface area contributed by atoms with Crippen LogP contribution in [0.15, 0.2) is 54.9 Å². The van der Waals surface area contributed by atoms with Crippen LogP contribution in [0.5, 0.6) is 0 Å². The Kier molecular flexibility index (Phi) is 3.91. The number of nitrogens with zero attached hydrogens (tertiary/aromatic N) is 1. The van der Waals surface area contributed by atoms with Crippen molar-refractivity contribution in [2.75, 3.05) is 0 Å². The Morgan fingerprint density at radius 1 is 1.06 bits per heavy atom. The summed E-state index contributed by atoms with van der Waals surface area (Å²) in [5.41, 5.74) is 1.17. The molecule has 3 heteroatoms. The van der Waals surface area contributed by atoms with Crippen molar-refractivity contribution in [2.45, 2.75) is 13.3 Å². The van der Waals surface area contributed by atoms with Gasteiger partial charge in [0.2, 0.25) is 0 Å². The van der Waals surface area contributed by atoms with E-state index in [1.807, 2.05) is 59.4 Å². The highest BCUT2D eigenvalue weighted by Crippen LogP contribution is 2.02. The third-order valence-electron chi connectivity index (χ3n) is 2.17. The molecule has 0 amide bonds. The molecule has 0 radical (unpaired) electrons. The molecule has 2 nitrogen and oxygen atoms in total. The molecule has 0 N–H and O–H groups in total. The van der Waals surface area contributed by atoms with E-state index in [-0.39, 0.29) is 0 Å². The van der Waals surface area contributed by atoms with Gasteiger partial charge < -0.3 is 4.74 Å². The van der Waals surface area contributed by atoms with E-state index in [1.165, 1.54) is 5.56 Å². The van der Waals surface area contributed by atoms with Crippen molar-refractivity contribution in [1.29, 1.82) is 0 Å². The third-order valence-corrected chi connectivity index (χ3v) is 2.40. The first-order chi connectivity index (χ1) is 7.84. The normalized spacial score (nSPS) is 10.3. The Morgan fingerprint density at radius 2 is 1.88 bits per heavy atom. The number of aromatic nitrogens is 1. The lowest BCUT2D eigenvalue weighted by molar-refractivity contribution is -0.733. The summed E-state index contributed by atoms with van der Waals surface area (Å²) in [7, 11) is 0. The number of halogens is 1. The minimum Gasteiger partial charge on any atom is -0.318 e. The van der Waals surface area contributed by atoms with E-state index < -0.39 is 0 Å². The van der Waals surface area contributed by atoms with Gasteiger partial charge in [-0.05, 0) is 11.6 Å². The first kappa shape index (κ1) is 11.1. The Balaban J connectivity index is 1.85. The molecule has 2 rings (SSSR count). The first-order valence-corrected chi connectivity index (χ1v) is 5.49. The molecule has 0 saturated carbocycles. The number of ether oxygens (including phenoxy) is 1. The standard InChI is InChI=1S/C13H13ClNO/c14-13-7-4-8-15(9-13)11-16-10-12-5-2-1-3-6-12/h1-9H,10-11H2/q+1. The molecular formula is C13H13ClNO+. The molecule has 0 spiro atoms. The fourth-order valence-corrected chi connectivity index (χ4v) is 1.61. The predicted octanol–water partition coefficient (Wildman–Crippen LogP) is 2.80. The van der Waals surface area contributed by atoms with Crippen LogP contribution >= 0.6 is 11.6 Å². The van der Waals surface area contributed by atoms with Gasteiger partial charge in [0.25, 0.3) is 6.73 Å². The second kappa shape index (κ2) is 5.64. The van der Waals surface area contributed by atoms with Gasteiger partial charge in [-0.1, -0.05) is 41.9 Å². The first-order valence-electron chi connectivity index (χ1n) is 5.11. The lowest BCUT2D eigenvalue weighted by Gasteiger charge is -2.01. The van der Waals surface area contributed by atoms with Crippen LogP contribution in [-0.4, -0.2) is 0 Å². The van der Waals surface area contributed by atoms with Crippen LogP contribution in [0.3, 0.4) is 0 Å². The van der Waals surface area contributed by atoms with Crippen LogP contribution in [-0.2, 0) is 18.1 Å². The molecule has 1 heterocycles. The fourth-order valence-electron chi connectivity index (χ4n) is 1.41. The van der Waals surface area contributed by atoms with E-state index in [0.717, 1.165) is 0 Å². The zero-order valence-electron chi connectivity index (χ0n) is 8.84. The summed E-state index contributed by atoms with van der Waals surface area (Å²) in [5, 5.41) is 0.714. The maximum Gasteiger partial charge on any atom is 0.252 e. The van der Waals surface area contributed by atoms with Crippen molar-refractivity contribution < 1.29 is 9.30 Å². The molecule has 0 bridgehead atoms. The van der Waals surface area contributed by atoms with Crippen molar-refractivity contribution in [3.05, 3.63) is 65.4 Å². The molecule has 0 atom stereocenters. The van der Waals surface area contributed by atoms with E-state index in [1.54, 1.807) is 0 Å². The van der Waals surface area contributed by atoms with Gasteiger partial charge in [-0.25, -0.2) is 0 Å². The van der Waals surface area contributed by atoms with E-state index in [9.17, 15) is 0 Å². The summed E-state index contributed by atoms with van der Waals surface area (Å²) < 4.78 is 7.47. The average Bonchev–Trinajstić information content (AvgIpc) is 2.30. The van der Waals surface area contributed by atoms with Gasteiger partial charge in [0, 0.05) is 6.07 Å². The highest BCUT2D eigenvalue weighted by atomic mass is 35.5. The second-order valence-corrected chi connectivity index (χ2v) is 3.94. The van der Waals surface area contributed by atoms with Gasteiger partial charge >= 0.3 is 0 Å². The van der Waals surface area contributed by atoms with Crippen LogP contribution in [0.1, 0.15) is 5.56 Å². The molecule has 0 aliphatic heterocycles. The van der Waals surface area contributed by atoms with Crippen molar-refractivity contribution in [3.63, 3.8) is 0 Å². The van der Waals surface area contributed by atoms with Gasteiger partial charge in [-0.15, -0.1) is 0 Å². The average molecular weight is 235 g/mol. The van der Waals surface area contributed by atoms with Crippen molar-refractivity contribution in [2.24, 2.45) is 0 Å². The smallest absolute Gasteiger partial charge is 0.252 e. The third kappa shape index (κ3) is 3.33. The Bertz CT molecular complexity index is 445. The Morgan fingerprint density at radius 3 is 2.62 bits per heavy atom. The molecule has 1 aromatic heterocycles. The molecule has 0 saturated heterocycles. The van der Waals surface area contributed by atoms with Gasteiger partial charge in [0.15, 0.2) is 12.4 Å². The summed E-state index contributed by atoms with van der Waals surface area (Å²) in [6.45, 7) is 1.12. The molecule has 0 aliphatic carbocycles. The van der Waals surface area contributed by atoms with Crippen LogP contribution in [0.2, 0.25) is 5.02 Å². The molecule has 1 aromatic carbocycles. The van der Waals surface area contributed by atoms with Gasteiger partial charge in [0.1, 0.15) is 5.02 Å². The van der Waals surface area contributed by atoms with Crippen LogP contribution in [0.4, 0.5) is 0 Å². The number of hydrogen-bond acceptors (Lipinski definition) is 1. The minimum absolute atomic E-state index is 0.509. The predicted molar refractivity (Wildman–Crippen MR) is 62.9 cm³/mol. The minimum atomic E-state index is 0.509. The summed E-state index contributed by atoms with van der Waals surface area (Å²) in [5.74, 6) is 0. The van der Waals surface area contributed by atoms with Crippen LogP contribution in [0.25, 0.3) is 0 Å². The largest absolute Gasteiger partial charge is 0.318 e. The quantitative estimate of drug-likeness (QED) is 0.742. The van der Waals surface area contributed by atoms with E-state index >= 15 is 0 Å². The van der Waals surface area contributed by atoms with Crippen LogP contribution in [0, 0.1) is 0 Å². The van der Waals surface area contributed by atoms with Gasteiger partial charge in [0.05, 0.1) is 6.61 Å². The highest BCUT2D eigenvalue weighted by molar-refractivity contribution is 6.30. The maximum absolute atomic E-state index is 5.86. The summed E-state index contributed by atoms with van der Waals surface area (Å²) in [6, 6.07) is 13.8. The summed E-state index contributed by atoms with van der Waals surface area (Å²) in [6.07, 6.45) is 3.77. The topological polar surface area (TPSA) is 13.1 Å². The number of pyridine rings is 1.